The molecule has 0 aliphatic heterocycles. The van der Waals surface area contributed by atoms with Crippen molar-refractivity contribution in [3.63, 3.8) is 0 Å². The van der Waals surface area contributed by atoms with E-state index < -0.39 is 0 Å². The number of hydrogen-bond acceptors (Lipinski definition) is 3. The van der Waals surface area contributed by atoms with Crippen molar-refractivity contribution < 1.29 is 0 Å². The first-order valence-electron chi connectivity index (χ1n) is 4.00. The van der Waals surface area contributed by atoms with Gasteiger partial charge in [0.05, 0.1) is 11.8 Å². The lowest BCUT2D eigenvalue weighted by molar-refractivity contribution is 0.688. The van der Waals surface area contributed by atoms with Gasteiger partial charge >= 0.3 is 0 Å². The highest BCUT2D eigenvalue weighted by Crippen LogP contribution is 2.17. The van der Waals surface area contributed by atoms with Gasteiger partial charge in [-0.15, -0.1) is 0 Å². The minimum Gasteiger partial charge on any atom is -0.294 e. The van der Waals surface area contributed by atoms with Crippen LogP contribution in [0.3, 0.4) is 0 Å². The maximum Gasteiger partial charge on any atom is 0.268 e. The summed E-state index contributed by atoms with van der Waals surface area (Å²) in [5.74, 6) is 0. The van der Waals surface area contributed by atoms with Crippen molar-refractivity contribution >= 4 is 11.3 Å². The van der Waals surface area contributed by atoms with Crippen molar-refractivity contribution in [3.05, 3.63) is 33.2 Å². The lowest BCUT2D eigenvalue weighted by atomic mass is 10.2. The van der Waals surface area contributed by atoms with Crippen LogP contribution in [-0.4, -0.2) is 9.78 Å². The monoisotopic (exact) mass is 205 g/mol. The molecule has 70 valence electrons. The second-order valence-electron chi connectivity index (χ2n) is 2.76. The van der Waals surface area contributed by atoms with Crippen LogP contribution in [0.2, 0.25) is 0 Å². The standard InChI is InChI=1S/C9H7N3OS/c10-2-3-12-9(13)5-8(11-12)7-1-4-14-6-7/h1,4-6,11H,3H2. The number of hydrogen-bond donors (Lipinski definition) is 1. The van der Waals surface area contributed by atoms with Crippen molar-refractivity contribution in [2.45, 2.75) is 6.54 Å². The van der Waals surface area contributed by atoms with Gasteiger partial charge in [-0.3, -0.25) is 9.89 Å². The summed E-state index contributed by atoms with van der Waals surface area (Å²) >= 11 is 1.57. The summed E-state index contributed by atoms with van der Waals surface area (Å²) in [7, 11) is 0. The summed E-state index contributed by atoms with van der Waals surface area (Å²) in [5.41, 5.74) is 1.56. The van der Waals surface area contributed by atoms with Crippen LogP contribution in [0.1, 0.15) is 0 Å². The van der Waals surface area contributed by atoms with Gasteiger partial charge in [0.25, 0.3) is 5.56 Å². The summed E-state index contributed by atoms with van der Waals surface area (Å²) in [5, 5.41) is 15.2. The summed E-state index contributed by atoms with van der Waals surface area (Å²) < 4.78 is 1.28. The second kappa shape index (κ2) is 3.52. The molecule has 0 spiro atoms. The van der Waals surface area contributed by atoms with E-state index in [-0.39, 0.29) is 12.1 Å². The zero-order valence-corrected chi connectivity index (χ0v) is 8.04. The fourth-order valence-corrected chi connectivity index (χ4v) is 1.84. The second-order valence-corrected chi connectivity index (χ2v) is 3.54. The Labute approximate surface area is 84.0 Å². The molecule has 0 aliphatic carbocycles. The van der Waals surface area contributed by atoms with Crippen molar-refractivity contribution in [3.8, 4) is 17.3 Å². The van der Waals surface area contributed by atoms with Crippen LogP contribution in [-0.2, 0) is 6.54 Å². The molecular weight excluding hydrogens is 198 g/mol. The summed E-state index contributed by atoms with van der Waals surface area (Å²) in [4.78, 5) is 11.3. The van der Waals surface area contributed by atoms with Crippen LogP contribution in [0.25, 0.3) is 11.3 Å². The average Bonchev–Trinajstić information content (AvgIpc) is 2.76. The number of aromatic nitrogens is 2. The van der Waals surface area contributed by atoms with Gasteiger partial charge in [-0.05, 0) is 11.4 Å². The van der Waals surface area contributed by atoms with E-state index in [1.54, 1.807) is 11.3 Å². The zero-order valence-electron chi connectivity index (χ0n) is 7.23. The number of H-pyrrole nitrogens is 1. The number of thiophene rings is 1. The molecule has 0 radical (unpaired) electrons. The first-order valence-corrected chi connectivity index (χ1v) is 4.95. The van der Waals surface area contributed by atoms with E-state index in [0.29, 0.717) is 0 Å². The highest BCUT2D eigenvalue weighted by Gasteiger charge is 2.04. The summed E-state index contributed by atoms with van der Waals surface area (Å²) in [6, 6.07) is 5.34. The van der Waals surface area contributed by atoms with E-state index in [0.717, 1.165) is 11.3 Å². The molecule has 4 nitrogen and oxygen atoms in total. The Morgan fingerprint density at radius 3 is 3.14 bits per heavy atom. The average molecular weight is 205 g/mol. The molecule has 0 amide bonds. The molecule has 1 N–H and O–H groups in total. The van der Waals surface area contributed by atoms with Crippen LogP contribution in [0.4, 0.5) is 0 Å². The van der Waals surface area contributed by atoms with Crippen molar-refractivity contribution in [1.82, 2.24) is 9.78 Å². The van der Waals surface area contributed by atoms with Crippen LogP contribution in [0, 0.1) is 11.3 Å². The Kier molecular flexibility index (Phi) is 2.21. The minimum atomic E-state index is -0.173. The van der Waals surface area contributed by atoms with Crippen molar-refractivity contribution in [2.24, 2.45) is 0 Å². The van der Waals surface area contributed by atoms with Gasteiger partial charge in [0.2, 0.25) is 0 Å². The maximum atomic E-state index is 11.3. The molecular formula is C9H7N3OS. The summed E-state index contributed by atoms with van der Waals surface area (Å²) in [6.07, 6.45) is 0. The van der Waals surface area contributed by atoms with Gasteiger partial charge in [0, 0.05) is 17.0 Å². The number of nitriles is 1. The Hall–Kier alpha value is -1.80. The number of aromatic amines is 1. The molecule has 2 aromatic heterocycles. The topological polar surface area (TPSA) is 61.6 Å². The van der Waals surface area contributed by atoms with Gasteiger partial charge < -0.3 is 0 Å². The van der Waals surface area contributed by atoms with E-state index in [4.69, 9.17) is 5.26 Å². The fraction of sp³-hybridized carbons (Fsp3) is 0.111. The third-order valence-electron chi connectivity index (χ3n) is 1.85. The largest absolute Gasteiger partial charge is 0.294 e. The molecule has 2 rings (SSSR count). The Balaban J connectivity index is 2.44. The van der Waals surface area contributed by atoms with E-state index in [1.807, 2.05) is 22.9 Å². The Morgan fingerprint density at radius 2 is 2.50 bits per heavy atom. The first-order chi connectivity index (χ1) is 6.81. The first kappa shape index (κ1) is 8.78. The predicted octanol–water partition coefficient (Wildman–Crippen LogP) is 1.43. The van der Waals surface area contributed by atoms with E-state index in [1.165, 1.54) is 10.7 Å². The van der Waals surface area contributed by atoms with E-state index >= 15 is 0 Å². The van der Waals surface area contributed by atoms with Gasteiger partial charge in [0.1, 0.15) is 6.54 Å². The minimum absolute atomic E-state index is 0.0585. The van der Waals surface area contributed by atoms with Crippen LogP contribution in [0.15, 0.2) is 27.7 Å². The molecule has 0 unspecified atom stereocenters. The Bertz CT molecular complexity index is 515. The number of rotatable bonds is 2. The highest BCUT2D eigenvalue weighted by molar-refractivity contribution is 7.08. The highest BCUT2D eigenvalue weighted by atomic mass is 32.1. The molecule has 0 fully saturated rings. The van der Waals surface area contributed by atoms with Crippen molar-refractivity contribution in [2.75, 3.05) is 0 Å². The Morgan fingerprint density at radius 1 is 1.64 bits per heavy atom. The summed E-state index contributed by atoms with van der Waals surface area (Å²) in [6.45, 7) is 0.0585. The third-order valence-corrected chi connectivity index (χ3v) is 2.53. The molecule has 2 heterocycles. The van der Waals surface area contributed by atoms with Gasteiger partial charge in [-0.1, -0.05) is 0 Å². The number of nitrogens with one attached hydrogen (secondary N) is 1. The molecule has 0 aliphatic rings. The van der Waals surface area contributed by atoms with E-state index in [9.17, 15) is 4.79 Å². The molecule has 14 heavy (non-hydrogen) atoms. The van der Waals surface area contributed by atoms with Crippen LogP contribution >= 0.6 is 11.3 Å². The molecule has 0 bridgehead atoms. The lowest BCUT2D eigenvalue weighted by Crippen LogP contribution is -2.14. The SMILES string of the molecule is N#CCn1[nH]c(-c2ccsc2)cc1=O. The van der Waals surface area contributed by atoms with Gasteiger partial charge in [-0.25, -0.2) is 4.68 Å². The smallest absolute Gasteiger partial charge is 0.268 e. The lowest BCUT2D eigenvalue weighted by Gasteiger charge is -1.92. The molecule has 0 atom stereocenters. The normalized spacial score (nSPS) is 9.93. The third kappa shape index (κ3) is 1.47. The number of nitrogens with zero attached hydrogens (tertiary/aromatic N) is 2. The zero-order chi connectivity index (χ0) is 9.97. The molecule has 5 heteroatoms. The van der Waals surface area contributed by atoms with Crippen molar-refractivity contribution in [1.29, 1.82) is 5.26 Å². The van der Waals surface area contributed by atoms with E-state index in [2.05, 4.69) is 5.10 Å². The fourth-order valence-electron chi connectivity index (χ4n) is 1.19. The van der Waals surface area contributed by atoms with Crippen LogP contribution < -0.4 is 5.56 Å². The van der Waals surface area contributed by atoms with Gasteiger partial charge in [0.15, 0.2) is 0 Å². The quantitative estimate of drug-likeness (QED) is 0.806. The molecule has 0 aromatic carbocycles. The predicted molar refractivity (Wildman–Crippen MR) is 54.0 cm³/mol. The molecule has 2 aromatic rings. The molecule has 0 saturated carbocycles. The molecule has 0 saturated heterocycles. The van der Waals surface area contributed by atoms with Crippen LogP contribution in [0.5, 0.6) is 0 Å². The van der Waals surface area contributed by atoms with Gasteiger partial charge in [-0.2, -0.15) is 16.6 Å². The maximum absolute atomic E-state index is 11.3.